The first-order valence-electron chi connectivity index (χ1n) is 12.7. The van der Waals surface area contributed by atoms with Crippen molar-refractivity contribution in [2.75, 3.05) is 32.9 Å². The van der Waals surface area contributed by atoms with Crippen molar-refractivity contribution in [3.05, 3.63) is 35.0 Å². The van der Waals surface area contributed by atoms with E-state index in [1.54, 1.807) is 0 Å². The van der Waals surface area contributed by atoms with Gasteiger partial charge >= 0.3 is 5.97 Å². The van der Waals surface area contributed by atoms with Crippen LogP contribution >= 0.6 is 0 Å². The molecule has 0 bridgehead atoms. The number of aromatic nitrogens is 1. The zero-order chi connectivity index (χ0) is 22.9. The van der Waals surface area contributed by atoms with Gasteiger partial charge in [-0.1, -0.05) is 0 Å². The minimum atomic E-state index is -0.212. The lowest BCUT2D eigenvalue weighted by Gasteiger charge is -2.33. The molecular weight excluding hydrogens is 416 g/mol. The molecule has 1 aromatic heterocycles. The molecule has 5 rings (SSSR count). The maximum atomic E-state index is 13.4. The van der Waals surface area contributed by atoms with Crippen LogP contribution in [0, 0.1) is 17.8 Å². The summed E-state index contributed by atoms with van der Waals surface area (Å²) in [6.07, 6.45) is 7.43. The molecule has 0 N–H and O–H groups in total. The van der Waals surface area contributed by atoms with Gasteiger partial charge in [-0.25, -0.2) is 0 Å². The van der Waals surface area contributed by atoms with E-state index in [1.165, 1.54) is 41.4 Å². The number of amides is 1. The number of fused-ring (bicyclic) bond motifs is 3. The minimum absolute atomic E-state index is 0.0280. The Morgan fingerprint density at radius 2 is 1.94 bits per heavy atom. The van der Waals surface area contributed by atoms with Gasteiger partial charge in [-0.05, 0) is 87.5 Å². The molecule has 1 aliphatic carbocycles. The highest BCUT2D eigenvalue weighted by molar-refractivity contribution is 5.99. The van der Waals surface area contributed by atoms with E-state index < -0.39 is 0 Å². The third-order valence-electron chi connectivity index (χ3n) is 8.16. The molecule has 0 spiro atoms. The largest absolute Gasteiger partial charge is 0.466 e. The number of hydrogen-bond acceptors (Lipinski definition) is 4. The van der Waals surface area contributed by atoms with Crippen LogP contribution in [0.3, 0.4) is 0 Å². The highest BCUT2D eigenvalue weighted by Gasteiger charge is 2.32. The normalized spacial score (nSPS) is 24.0. The molecule has 3 aliphatic rings. The van der Waals surface area contributed by atoms with Crippen LogP contribution < -0.4 is 0 Å². The highest BCUT2D eigenvalue weighted by atomic mass is 16.5. The van der Waals surface area contributed by atoms with Gasteiger partial charge in [-0.15, -0.1) is 0 Å². The molecule has 33 heavy (non-hydrogen) atoms. The third-order valence-corrected chi connectivity index (χ3v) is 8.16. The predicted molar refractivity (Wildman–Crippen MR) is 127 cm³/mol. The average molecular weight is 453 g/mol. The van der Waals surface area contributed by atoms with Gasteiger partial charge in [0.05, 0.1) is 12.5 Å². The maximum absolute atomic E-state index is 13.4. The van der Waals surface area contributed by atoms with E-state index in [4.69, 9.17) is 9.47 Å². The van der Waals surface area contributed by atoms with Crippen LogP contribution in [0.1, 0.15) is 60.6 Å². The van der Waals surface area contributed by atoms with Gasteiger partial charge in [0.15, 0.2) is 0 Å². The van der Waals surface area contributed by atoms with Crippen LogP contribution in [-0.2, 0) is 34.2 Å². The van der Waals surface area contributed by atoms with Gasteiger partial charge in [0, 0.05) is 55.5 Å². The second-order valence-electron chi connectivity index (χ2n) is 10.0. The highest BCUT2D eigenvalue weighted by Crippen LogP contribution is 2.39. The van der Waals surface area contributed by atoms with Crippen molar-refractivity contribution < 1.29 is 19.1 Å². The number of ether oxygens (including phenoxy) is 2. The molecule has 6 nitrogen and oxygen atoms in total. The lowest BCUT2D eigenvalue weighted by atomic mass is 9.75. The summed E-state index contributed by atoms with van der Waals surface area (Å²) >= 11 is 0. The number of hydrogen-bond donors (Lipinski definition) is 0. The van der Waals surface area contributed by atoms with Crippen molar-refractivity contribution in [2.45, 2.75) is 51.9 Å². The fourth-order valence-corrected chi connectivity index (χ4v) is 6.33. The van der Waals surface area contributed by atoms with E-state index in [9.17, 15) is 9.59 Å². The number of piperidine rings is 1. The van der Waals surface area contributed by atoms with Crippen LogP contribution in [0.5, 0.6) is 0 Å². The summed E-state index contributed by atoms with van der Waals surface area (Å²) in [5, 5.41) is 1.23. The molecule has 1 amide bonds. The van der Waals surface area contributed by atoms with Crippen LogP contribution in [0.25, 0.3) is 10.9 Å². The monoisotopic (exact) mass is 452 g/mol. The number of nitrogens with zero attached hydrogens (tertiary/aromatic N) is 2. The first kappa shape index (κ1) is 22.5. The summed E-state index contributed by atoms with van der Waals surface area (Å²) in [6.45, 7) is 5.15. The lowest BCUT2D eigenvalue weighted by molar-refractivity contribution is -0.149. The first-order valence-corrected chi connectivity index (χ1v) is 12.7. The second-order valence-corrected chi connectivity index (χ2v) is 10.0. The molecule has 2 atom stereocenters. The fourth-order valence-electron chi connectivity index (χ4n) is 6.33. The van der Waals surface area contributed by atoms with Gasteiger partial charge in [0.1, 0.15) is 0 Å². The minimum Gasteiger partial charge on any atom is -0.466 e. The van der Waals surface area contributed by atoms with Gasteiger partial charge in [0.25, 0.3) is 5.91 Å². The summed E-state index contributed by atoms with van der Waals surface area (Å²) in [4.78, 5) is 27.5. The molecule has 2 aromatic rings. The molecule has 178 valence electrons. The summed E-state index contributed by atoms with van der Waals surface area (Å²) < 4.78 is 13.1. The van der Waals surface area contributed by atoms with Crippen molar-refractivity contribution in [3.63, 3.8) is 0 Å². The average Bonchev–Trinajstić information content (AvgIpc) is 3.15. The number of esters is 1. The molecule has 2 aliphatic heterocycles. The van der Waals surface area contributed by atoms with Gasteiger partial charge < -0.3 is 18.9 Å². The van der Waals surface area contributed by atoms with E-state index in [0.717, 1.165) is 50.4 Å². The number of rotatable bonds is 4. The van der Waals surface area contributed by atoms with Crippen LogP contribution in [0.2, 0.25) is 0 Å². The third kappa shape index (κ3) is 4.30. The molecular formula is C27H36N2O4. The molecule has 1 unspecified atom stereocenters. The first-order chi connectivity index (χ1) is 16.1. The maximum Gasteiger partial charge on any atom is 0.310 e. The Morgan fingerprint density at radius 1 is 1.12 bits per heavy atom. The molecule has 1 aromatic carbocycles. The van der Waals surface area contributed by atoms with Gasteiger partial charge in [-0.3, -0.25) is 9.59 Å². The number of carbonyl (C=O) groups is 2. The van der Waals surface area contributed by atoms with E-state index in [1.807, 2.05) is 17.9 Å². The SMILES string of the molecule is CCOC(=O)[C@H]1CCCN(C(=O)c2ccc3c(c2)c2c(n3C)CCC(C3CCOCC3)C2)C1. The molecule has 2 fully saturated rings. The summed E-state index contributed by atoms with van der Waals surface area (Å²) in [5.74, 6) is 1.09. The smallest absolute Gasteiger partial charge is 0.310 e. The van der Waals surface area contributed by atoms with E-state index in [2.05, 4.69) is 23.7 Å². The summed E-state index contributed by atoms with van der Waals surface area (Å²) in [7, 11) is 2.16. The van der Waals surface area contributed by atoms with Crippen LogP contribution in [0.15, 0.2) is 18.2 Å². The zero-order valence-electron chi connectivity index (χ0n) is 20.0. The Balaban J connectivity index is 1.39. The van der Waals surface area contributed by atoms with Crippen molar-refractivity contribution in [1.82, 2.24) is 9.47 Å². The van der Waals surface area contributed by atoms with Crippen molar-refractivity contribution in [3.8, 4) is 0 Å². The van der Waals surface area contributed by atoms with Crippen molar-refractivity contribution in [2.24, 2.45) is 24.8 Å². The molecule has 0 radical (unpaired) electrons. The second kappa shape index (κ2) is 9.49. The molecule has 0 saturated carbocycles. The number of carbonyl (C=O) groups excluding carboxylic acids is 2. The Labute approximate surface area is 196 Å². The number of likely N-dealkylation sites (tertiary alicyclic amines) is 1. The number of aryl methyl sites for hydroxylation is 1. The standard InChI is InChI=1S/C27H36N2O4/c1-3-33-27(31)21-5-4-12-29(17-21)26(30)20-7-9-25-23(16-20)22-15-19(6-8-24(22)28(25)2)18-10-13-32-14-11-18/h7,9,16,18-19,21H,3-6,8,10-15,17H2,1-2H3/t19?,21-/m0/s1. The Morgan fingerprint density at radius 3 is 2.73 bits per heavy atom. The van der Waals surface area contributed by atoms with E-state index in [0.29, 0.717) is 25.6 Å². The summed E-state index contributed by atoms with van der Waals surface area (Å²) in [6, 6.07) is 6.17. The quantitative estimate of drug-likeness (QED) is 0.655. The molecule has 2 saturated heterocycles. The lowest BCUT2D eigenvalue weighted by Crippen LogP contribution is -2.42. The Hall–Kier alpha value is -2.34. The fraction of sp³-hybridized carbons (Fsp3) is 0.630. The van der Waals surface area contributed by atoms with Crippen LogP contribution in [-0.4, -0.2) is 54.3 Å². The van der Waals surface area contributed by atoms with Gasteiger partial charge in [-0.2, -0.15) is 0 Å². The number of benzene rings is 1. The van der Waals surface area contributed by atoms with Gasteiger partial charge in [0.2, 0.25) is 0 Å². The van der Waals surface area contributed by atoms with E-state index >= 15 is 0 Å². The zero-order valence-corrected chi connectivity index (χ0v) is 20.0. The van der Waals surface area contributed by atoms with Crippen molar-refractivity contribution >= 4 is 22.8 Å². The van der Waals surface area contributed by atoms with E-state index in [-0.39, 0.29) is 17.8 Å². The van der Waals surface area contributed by atoms with Crippen molar-refractivity contribution in [1.29, 1.82) is 0 Å². The Bertz CT molecular complexity index is 1040. The topological polar surface area (TPSA) is 60.8 Å². The van der Waals surface area contributed by atoms with Crippen LogP contribution in [0.4, 0.5) is 0 Å². The predicted octanol–water partition coefficient (Wildman–Crippen LogP) is 4.13. The Kier molecular flexibility index (Phi) is 6.46. The summed E-state index contributed by atoms with van der Waals surface area (Å²) in [5.41, 5.74) is 4.81. The molecule has 3 heterocycles. The molecule has 6 heteroatoms.